The van der Waals surface area contributed by atoms with Crippen LogP contribution in [0.25, 0.3) is 0 Å². The second-order valence-electron chi connectivity index (χ2n) is 4.60. The van der Waals surface area contributed by atoms with Crippen LogP contribution in [0.1, 0.15) is 24.2 Å². The first-order chi connectivity index (χ1) is 9.75. The lowest BCUT2D eigenvalue weighted by Crippen LogP contribution is -2.39. The first-order valence-corrected chi connectivity index (χ1v) is 7.73. The molecular weight excluding hydrogens is 298 g/mol. The van der Waals surface area contributed by atoms with E-state index < -0.39 is 16.0 Å². The standard InChI is InChI=1S/C13H19NO6S/c1-9(2)14(6-7-15)21(18,19)10-4-5-12(16)11(8-10)13(17)20-3/h4-5,8-9,15-16H,6-7H2,1-3H3. The summed E-state index contributed by atoms with van der Waals surface area (Å²) in [5.74, 6) is -1.19. The maximum Gasteiger partial charge on any atom is 0.341 e. The Kier molecular flexibility index (Phi) is 5.70. The molecule has 0 unspecified atom stereocenters. The Bertz CT molecular complexity index is 611. The molecule has 118 valence electrons. The lowest BCUT2D eigenvalue weighted by molar-refractivity contribution is 0.0597. The highest BCUT2D eigenvalue weighted by Gasteiger charge is 2.28. The van der Waals surface area contributed by atoms with Gasteiger partial charge in [-0.1, -0.05) is 0 Å². The molecule has 0 atom stereocenters. The predicted octanol–water partition coefficient (Wildman–Crippen LogP) is 0.570. The first kappa shape index (κ1) is 17.4. The molecule has 1 aromatic rings. The molecular formula is C13H19NO6S. The number of ether oxygens (including phenoxy) is 1. The number of carbonyl (C=O) groups is 1. The zero-order valence-corrected chi connectivity index (χ0v) is 12.9. The Morgan fingerprint density at radius 3 is 2.48 bits per heavy atom. The quantitative estimate of drug-likeness (QED) is 0.743. The normalized spacial score (nSPS) is 11.9. The summed E-state index contributed by atoms with van der Waals surface area (Å²) in [4.78, 5) is 11.4. The highest BCUT2D eigenvalue weighted by atomic mass is 32.2. The van der Waals surface area contributed by atoms with Gasteiger partial charge in [-0.2, -0.15) is 4.31 Å². The van der Waals surface area contributed by atoms with E-state index in [1.165, 1.54) is 6.07 Å². The van der Waals surface area contributed by atoms with Crippen molar-refractivity contribution in [3.8, 4) is 5.75 Å². The topological polar surface area (TPSA) is 104 Å². The molecule has 2 N–H and O–H groups in total. The lowest BCUT2D eigenvalue weighted by atomic mass is 10.2. The summed E-state index contributed by atoms with van der Waals surface area (Å²) >= 11 is 0. The van der Waals surface area contributed by atoms with Crippen molar-refractivity contribution in [2.45, 2.75) is 24.8 Å². The monoisotopic (exact) mass is 317 g/mol. The van der Waals surface area contributed by atoms with E-state index in [0.29, 0.717) is 0 Å². The molecule has 21 heavy (non-hydrogen) atoms. The minimum Gasteiger partial charge on any atom is -0.507 e. The molecule has 0 bridgehead atoms. The van der Waals surface area contributed by atoms with Crippen molar-refractivity contribution in [3.63, 3.8) is 0 Å². The van der Waals surface area contributed by atoms with Gasteiger partial charge in [0.15, 0.2) is 0 Å². The number of methoxy groups -OCH3 is 1. The second-order valence-corrected chi connectivity index (χ2v) is 6.49. The molecule has 1 aromatic carbocycles. The van der Waals surface area contributed by atoms with Gasteiger partial charge in [-0.25, -0.2) is 13.2 Å². The van der Waals surface area contributed by atoms with Crippen molar-refractivity contribution in [2.75, 3.05) is 20.3 Å². The SMILES string of the molecule is COC(=O)c1cc(S(=O)(=O)N(CCO)C(C)C)ccc1O. The highest BCUT2D eigenvalue weighted by Crippen LogP contribution is 2.25. The second kappa shape index (κ2) is 6.88. The van der Waals surface area contributed by atoms with Crippen LogP contribution in [0.4, 0.5) is 0 Å². The van der Waals surface area contributed by atoms with Crippen LogP contribution in [0.15, 0.2) is 23.1 Å². The number of hydrogen-bond donors (Lipinski definition) is 2. The fourth-order valence-electron chi connectivity index (χ4n) is 1.84. The molecule has 0 fully saturated rings. The summed E-state index contributed by atoms with van der Waals surface area (Å²) in [6.45, 7) is 2.97. The highest BCUT2D eigenvalue weighted by molar-refractivity contribution is 7.89. The Hall–Kier alpha value is -1.64. The Morgan fingerprint density at radius 2 is 2.00 bits per heavy atom. The minimum absolute atomic E-state index is 0.0611. The van der Waals surface area contributed by atoms with E-state index >= 15 is 0 Å². The predicted molar refractivity (Wildman–Crippen MR) is 75.6 cm³/mol. The summed E-state index contributed by atoms with van der Waals surface area (Å²) in [6, 6.07) is 3.02. The third-order valence-electron chi connectivity index (χ3n) is 2.88. The van der Waals surface area contributed by atoms with Gasteiger partial charge in [0, 0.05) is 12.6 Å². The lowest BCUT2D eigenvalue weighted by Gasteiger charge is -2.25. The number of esters is 1. The van der Waals surface area contributed by atoms with E-state index in [2.05, 4.69) is 4.74 Å². The molecule has 0 saturated carbocycles. The number of aliphatic hydroxyl groups is 1. The summed E-state index contributed by atoms with van der Waals surface area (Å²) in [5.41, 5.74) is -0.230. The van der Waals surface area contributed by atoms with E-state index in [-0.39, 0.29) is 35.4 Å². The number of sulfonamides is 1. The Labute approximate surface area is 123 Å². The van der Waals surface area contributed by atoms with Crippen LogP contribution in [0, 0.1) is 0 Å². The molecule has 0 heterocycles. The van der Waals surface area contributed by atoms with Gasteiger partial charge in [-0.05, 0) is 32.0 Å². The Morgan fingerprint density at radius 1 is 1.38 bits per heavy atom. The number of aromatic hydroxyl groups is 1. The molecule has 0 aliphatic rings. The smallest absolute Gasteiger partial charge is 0.341 e. The fourth-order valence-corrected chi connectivity index (χ4v) is 3.49. The molecule has 0 aromatic heterocycles. The van der Waals surface area contributed by atoms with E-state index in [9.17, 15) is 18.3 Å². The van der Waals surface area contributed by atoms with E-state index in [0.717, 1.165) is 23.5 Å². The van der Waals surface area contributed by atoms with Crippen LogP contribution < -0.4 is 0 Å². The van der Waals surface area contributed by atoms with Crippen LogP contribution >= 0.6 is 0 Å². The van der Waals surface area contributed by atoms with E-state index in [1.54, 1.807) is 13.8 Å². The number of nitrogens with zero attached hydrogens (tertiary/aromatic N) is 1. The molecule has 1 rings (SSSR count). The van der Waals surface area contributed by atoms with Crippen molar-refractivity contribution < 1.29 is 28.2 Å². The third-order valence-corrected chi connectivity index (χ3v) is 4.95. The largest absolute Gasteiger partial charge is 0.507 e. The Balaban J connectivity index is 3.34. The van der Waals surface area contributed by atoms with E-state index in [4.69, 9.17) is 5.11 Å². The molecule has 0 aliphatic carbocycles. The number of benzene rings is 1. The first-order valence-electron chi connectivity index (χ1n) is 6.29. The van der Waals surface area contributed by atoms with E-state index in [1.807, 2.05) is 0 Å². The summed E-state index contributed by atoms with van der Waals surface area (Å²) < 4.78 is 30.6. The third kappa shape index (κ3) is 3.72. The number of carbonyl (C=O) groups excluding carboxylic acids is 1. The number of aliphatic hydroxyl groups excluding tert-OH is 1. The zero-order chi connectivity index (χ0) is 16.2. The molecule has 0 amide bonds. The molecule has 7 nitrogen and oxygen atoms in total. The van der Waals surface area contributed by atoms with Crippen molar-refractivity contribution in [1.82, 2.24) is 4.31 Å². The zero-order valence-electron chi connectivity index (χ0n) is 12.1. The van der Waals surface area contributed by atoms with Crippen molar-refractivity contribution in [1.29, 1.82) is 0 Å². The van der Waals surface area contributed by atoms with Crippen molar-refractivity contribution in [2.24, 2.45) is 0 Å². The average Bonchev–Trinajstić information content (AvgIpc) is 2.43. The van der Waals surface area contributed by atoms with Crippen molar-refractivity contribution >= 4 is 16.0 Å². The molecule has 0 saturated heterocycles. The van der Waals surface area contributed by atoms with Crippen LogP contribution in [-0.4, -0.2) is 55.2 Å². The number of phenols is 1. The summed E-state index contributed by atoms with van der Waals surface area (Å²) in [7, 11) is -2.75. The van der Waals surface area contributed by atoms with Crippen molar-refractivity contribution in [3.05, 3.63) is 23.8 Å². The van der Waals surface area contributed by atoms with Crippen LogP contribution in [0.3, 0.4) is 0 Å². The molecule has 0 aliphatic heterocycles. The number of rotatable bonds is 6. The number of hydrogen-bond acceptors (Lipinski definition) is 6. The van der Waals surface area contributed by atoms with Crippen LogP contribution in [0.2, 0.25) is 0 Å². The fraction of sp³-hybridized carbons (Fsp3) is 0.462. The van der Waals surface area contributed by atoms with Gasteiger partial charge >= 0.3 is 5.97 Å². The van der Waals surface area contributed by atoms with Gasteiger partial charge in [0.05, 0.1) is 18.6 Å². The maximum absolute atomic E-state index is 12.5. The summed E-state index contributed by atoms with van der Waals surface area (Å²) in [5, 5.41) is 18.6. The maximum atomic E-state index is 12.5. The molecule has 0 spiro atoms. The summed E-state index contributed by atoms with van der Waals surface area (Å²) in [6.07, 6.45) is 0. The van der Waals surface area contributed by atoms with Crippen LogP contribution in [-0.2, 0) is 14.8 Å². The van der Waals surface area contributed by atoms with Gasteiger partial charge in [0.25, 0.3) is 0 Å². The molecule has 8 heteroatoms. The molecule has 0 radical (unpaired) electrons. The van der Waals surface area contributed by atoms with Gasteiger partial charge in [-0.3, -0.25) is 0 Å². The van der Waals surface area contributed by atoms with Gasteiger partial charge < -0.3 is 14.9 Å². The average molecular weight is 317 g/mol. The van der Waals surface area contributed by atoms with Gasteiger partial charge in [-0.15, -0.1) is 0 Å². The van der Waals surface area contributed by atoms with Gasteiger partial charge in [0.2, 0.25) is 10.0 Å². The van der Waals surface area contributed by atoms with Gasteiger partial charge in [0.1, 0.15) is 11.3 Å². The number of phenolic OH excluding ortho intramolecular Hbond substituents is 1. The van der Waals surface area contributed by atoms with Crippen LogP contribution in [0.5, 0.6) is 5.75 Å². The minimum atomic E-state index is -3.89.